The first-order chi connectivity index (χ1) is 8.34. The van der Waals surface area contributed by atoms with Gasteiger partial charge in [-0.25, -0.2) is 0 Å². The van der Waals surface area contributed by atoms with E-state index in [0.29, 0.717) is 0 Å². The zero-order valence-electron chi connectivity index (χ0n) is 11.7. The minimum atomic E-state index is 0.0737. The fourth-order valence-electron chi connectivity index (χ4n) is 1.71. The molecule has 1 aromatic rings. The van der Waals surface area contributed by atoms with Gasteiger partial charge in [0.2, 0.25) is 5.91 Å². The van der Waals surface area contributed by atoms with E-state index < -0.39 is 0 Å². The van der Waals surface area contributed by atoms with Gasteiger partial charge >= 0.3 is 0 Å². The zero-order chi connectivity index (χ0) is 13.8. The minimum Gasteiger partial charge on any atom is -0.345 e. The third-order valence-electron chi connectivity index (χ3n) is 3.12. The van der Waals surface area contributed by atoms with Crippen LogP contribution < -0.4 is 0 Å². The summed E-state index contributed by atoms with van der Waals surface area (Å²) in [6, 6.07) is 8.66. The van der Waals surface area contributed by atoms with Gasteiger partial charge in [-0.3, -0.25) is 4.79 Å². The number of thiol groups is 1. The molecule has 0 fully saturated rings. The van der Waals surface area contributed by atoms with E-state index in [-0.39, 0.29) is 17.1 Å². The number of rotatable bonds is 4. The van der Waals surface area contributed by atoms with Crippen molar-refractivity contribution in [2.45, 2.75) is 32.6 Å². The Morgan fingerprint density at radius 3 is 2.22 bits per heavy atom. The molecule has 0 aromatic heterocycles. The Kier molecular flexibility index (Phi) is 5.27. The van der Waals surface area contributed by atoms with E-state index in [1.54, 1.807) is 4.90 Å². The molecule has 1 amide bonds. The van der Waals surface area contributed by atoms with Gasteiger partial charge in [-0.15, -0.1) is 0 Å². The second-order valence-electron chi connectivity index (χ2n) is 5.67. The molecule has 0 saturated heterocycles. The van der Waals surface area contributed by atoms with E-state index >= 15 is 0 Å². The van der Waals surface area contributed by atoms with Crippen LogP contribution in [0.5, 0.6) is 0 Å². The molecule has 0 unspecified atom stereocenters. The van der Waals surface area contributed by atoms with Crippen molar-refractivity contribution in [3.05, 3.63) is 35.4 Å². The average molecular weight is 265 g/mol. The molecular weight excluding hydrogens is 242 g/mol. The molecule has 0 bridgehead atoms. The molecule has 18 heavy (non-hydrogen) atoms. The molecule has 1 aromatic carbocycles. The van der Waals surface area contributed by atoms with Crippen LogP contribution in [0.1, 0.15) is 31.9 Å². The molecule has 2 nitrogen and oxygen atoms in total. The summed E-state index contributed by atoms with van der Waals surface area (Å²) in [6.07, 6.45) is 0.889. The maximum atomic E-state index is 11.4. The molecule has 3 heteroatoms. The lowest BCUT2D eigenvalue weighted by Crippen LogP contribution is -2.29. The van der Waals surface area contributed by atoms with Crippen LogP contribution >= 0.6 is 12.6 Å². The van der Waals surface area contributed by atoms with E-state index in [0.717, 1.165) is 13.0 Å². The number of hydrogen-bond acceptors (Lipinski definition) is 2. The molecule has 0 radical (unpaired) electrons. The molecule has 0 atom stereocenters. The standard InChI is InChI=1S/C15H23NOS/c1-15(2,3)13-7-5-12(6-8-13)9-10-16(4)14(17)11-18/h5-8,18H,9-11H2,1-4H3. The number of carbonyl (C=O) groups is 1. The second kappa shape index (κ2) is 6.28. The molecular formula is C15H23NOS. The highest BCUT2D eigenvalue weighted by Gasteiger charge is 2.13. The van der Waals surface area contributed by atoms with Crippen LogP contribution in [0.3, 0.4) is 0 Å². The van der Waals surface area contributed by atoms with Crippen LogP contribution in [0.15, 0.2) is 24.3 Å². The van der Waals surface area contributed by atoms with Crippen LogP contribution in [0, 0.1) is 0 Å². The maximum absolute atomic E-state index is 11.4. The van der Waals surface area contributed by atoms with Gasteiger partial charge in [-0.05, 0) is 23.0 Å². The Bertz CT molecular complexity index is 392. The highest BCUT2D eigenvalue weighted by molar-refractivity contribution is 7.81. The van der Waals surface area contributed by atoms with Crippen molar-refractivity contribution in [3.8, 4) is 0 Å². The van der Waals surface area contributed by atoms with Gasteiger partial charge in [-0.2, -0.15) is 12.6 Å². The zero-order valence-corrected chi connectivity index (χ0v) is 12.6. The third kappa shape index (κ3) is 4.37. The highest BCUT2D eigenvalue weighted by atomic mass is 32.1. The second-order valence-corrected chi connectivity index (χ2v) is 5.99. The first kappa shape index (κ1) is 15.1. The van der Waals surface area contributed by atoms with Crippen LogP contribution in [0.25, 0.3) is 0 Å². The number of nitrogens with zero attached hydrogens (tertiary/aromatic N) is 1. The summed E-state index contributed by atoms with van der Waals surface area (Å²) < 4.78 is 0. The molecule has 0 spiro atoms. The van der Waals surface area contributed by atoms with E-state index in [2.05, 4.69) is 57.7 Å². The molecule has 0 aliphatic rings. The molecule has 0 saturated carbocycles. The predicted octanol–water partition coefficient (Wildman–Crippen LogP) is 2.91. The van der Waals surface area contributed by atoms with Gasteiger partial charge < -0.3 is 4.90 Å². The van der Waals surface area contributed by atoms with Gasteiger partial charge in [0.25, 0.3) is 0 Å². The van der Waals surface area contributed by atoms with Crippen molar-refractivity contribution in [2.75, 3.05) is 19.3 Å². The fourth-order valence-corrected chi connectivity index (χ4v) is 1.96. The predicted molar refractivity (Wildman–Crippen MR) is 80.3 cm³/mol. The summed E-state index contributed by atoms with van der Waals surface area (Å²) in [5.41, 5.74) is 2.80. The summed E-state index contributed by atoms with van der Waals surface area (Å²) in [5.74, 6) is 0.351. The largest absolute Gasteiger partial charge is 0.345 e. The van der Waals surface area contributed by atoms with Crippen LogP contribution in [0.2, 0.25) is 0 Å². The smallest absolute Gasteiger partial charge is 0.232 e. The van der Waals surface area contributed by atoms with Gasteiger partial charge in [0.1, 0.15) is 0 Å². The van der Waals surface area contributed by atoms with Gasteiger partial charge in [0.05, 0.1) is 5.75 Å². The van der Waals surface area contributed by atoms with Gasteiger partial charge in [-0.1, -0.05) is 45.0 Å². The number of amides is 1. The van der Waals surface area contributed by atoms with Crippen molar-refractivity contribution < 1.29 is 4.79 Å². The van der Waals surface area contributed by atoms with E-state index in [9.17, 15) is 4.79 Å². The highest BCUT2D eigenvalue weighted by Crippen LogP contribution is 2.22. The minimum absolute atomic E-state index is 0.0737. The molecule has 0 aliphatic carbocycles. The SMILES string of the molecule is CN(CCc1ccc(C(C)(C)C)cc1)C(=O)CS. The van der Waals surface area contributed by atoms with Crippen molar-refractivity contribution >= 4 is 18.5 Å². The fraction of sp³-hybridized carbons (Fsp3) is 0.533. The lowest BCUT2D eigenvalue weighted by Gasteiger charge is -2.20. The molecule has 0 N–H and O–H groups in total. The number of carbonyl (C=O) groups excluding carboxylic acids is 1. The maximum Gasteiger partial charge on any atom is 0.232 e. The first-order valence-electron chi connectivity index (χ1n) is 6.29. The summed E-state index contributed by atoms with van der Waals surface area (Å²) >= 11 is 3.99. The Morgan fingerprint density at radius 1 is 1.22 bits per heavy atom. The summed E-state index contributed by atoms with van der Waals surface area (Å²) in [6.45, 7) is 7.37. The van der Waals surface area contributed by atoms with Gasteiger partial charge in [0, 0.05) is 13.6 Å². The molecule has 0 aliphatic heterocycles. The molecule has 0 heterocycles. The van der Waals surface area contributed by atoms with Crippen molar-refractivity contribution in [3.63, 3.8) is 0 Å². The topological polar surface area (TPSA) is 20.3 Å². The molecule has 100 valence electrons. The normalized spacial score (nSPS) is 11.4. The number of hydrogen-bond donors (Lipinski definition) is 1. The van der Waals surface area contributed by atoms with Crippen molar-refractivity contribution in [1.29, 1.82) is 0 Å². The Labute approximate surface area is 116 Å². The first-order valence-corrected chi connectivity index (χ1v) is 6.92. The Morgan fingerprint density at radius 2 is 1.78 bits per heavy atom. The van der Waals surface area contributed by atoms with E-state index in [4.69, 9.17) is 0 Å². The summed E-state index contributed by atoms with van der Waals surface area (Å²) in [4.78, 5) is 13.1. The number of benzene rings is 1. The summed E-state index contributed by atoms with van der Waals surface area (Å²) in [7, 11) is 1.82. The van der Waals surface area contributed by atoms with E-state index in [1.807, 2.05) is 7.05 Å². The van der Waals surface area contributed by atoms with Crippen LogP contribution in [0.4, 0.5) is 0 Å². The van der Waals surface area contributed by atoms with Crippen molar-refractivity contribution in [2.24, 2.45) is 0 Å². The average Bonchev–Trinajstić information content (AvgIpc) is 2.34. The van der Waals surface area contributed by atoms with Crippen LogP contribution in [-0.4, -0.2) is 30.2 Å². The number of likely N-dealkylation sites (N-methyl/N-ethyl adjacent to an activating group) is 1. The van der Waals surface area contributed by atoms with Gasteiger partial charge in [0.15, 0.2) is 0 Å². The Hall–Kier alpha value is -0.960. The quantitative estimate of drug-likeness (QED) is 0.830. The van der Waals surface area contributed by atoms with Crippen LogP contribution in [-0.2, 0) is 16.6 Å². The Balaban J connectivity index is 2.57. The molecule has 1 rings (SSSR count). The summed E-state index contributed by atoms with van der Waals surface area (Å²) in [5, 5.41) is 0. The lowest BCUT2D eigenvalue weighted by molar-refractivity contribution is -0.127. The third-order valence-corrected chi connectivity index (χ3v) is 3.39. The van der Waals surface area contributed by atoms with E-state index in [1.165, 1.54) is 11.1 Å². The van der Waals surface area contributed by atoms with Crippen molar-refractivity contribution in [1.82, 2.24) is 4.90 Å². The monoisotopic (exact) mass is 265 g/mol. The lowest BCUT2D eigenvalue weighted by atomic mass is 9.86.